The van der Waals surface area contributed by atoms with Gasteiger partial charge in [0.25, 0.3) is 0 Å². The molecule has 0 amide bonds. The van der Waals surface area contributed by atoms with E-state index in [1.165, 1.54) is 115 Å². The first-order chi connectivity index (χ1) is 29.4. The average Bonchev–Trinajstić information content (AvgIpc) is 3.61. The third-order valence-corrected chi connectivity index (χ3v) is 13.3. The number of benzene rings is 8. The highest BCUT2D eigenvalue weighted by Gasteiger charge is 2.37. The van der Waals surface area contributed by atoms with E-state index in [2.05, 4.69) is 228 Å². The van der Waals surface area contributed by atoms with Gasteiger partial charge in [-0.3, -0.25) is 0 Å². The fourth-order valence-corrected chi connectivity index (χ4v) is 10.4. The minimum Gasteiger partial charge on any atom is -0.0884 e. The van der Waals surface area contributed by atoms with Crippen molar-refractivity contribution in [2.24, 2.45) is 5.92 Å². The van der Waals surface area contributed by atoms with Gasteiger partial charge < -0.3 is 0 Å². The molecule has 0 spiro atoms. The van der Waals surface area contributed by atoms with Crippen molar-refractivity contribution in [3.63, 3.8) is 0 Å². The van der Waals surface area contributed by atoms with Crippen molar-refractivity contribution >= 4 is 60.2 Å². The molecule has 0 radical (unpaired) electrons. The molecular weight excluding hydrogens is 741 g/mol. The van der Waals surface area contributed by atoms with E-state index in [0.717, 1.165) is 0 Å². The third kappa shape index (κ3) is 6.89. The van der Waals surface area contributed by atoms with E-state index in [9.17, 15) is 0 Å². The molecule has 0 saturated heterocycles. The van der Waals surface area contributed by atoms with Gasteiger partial charge in [0, 0.05) is 26.9 Å². The van der Waals surface area contributed by atoms with Crippen LogP contribution in [0.15, 0.2) is 200 Å². The van der Waals surface area contributed by atoms with E-state index >= 15 is 0 Å². The number of hydrogen-bond acceptors (Lipinski definition) is 1. The predicted octanol–water partition coefficient (Wildman–Crippen LogP) is 15.9. The number of hydrogen-bond donors (Lipinski definition) is 0. The van der Waals surface area contributed by atoms with Gasteiger partial charge in [-0.2, -0.15) is 0 Å². The van der Waals surface area contributed by atoms with Crippen molar-refractivity contribution < 1.29 is 0 Å². The van der Waals surface area contributed by atoms with Crippen molar-refractivity contribution in [2.45, 2.75) is 27.7 Å². The van der Waals surface area contributed by atoms with Crippen LogP contribution in [-0.2, 0) is 0 Å². The molecule has 0 atom stereocenters. The van der Waals surface area contributed by atoms with Crippen LogP contribution < -0.4 is 0 Å². The Bertz CT molecular complexity index is 2900. The highest BCUT2D eigenvalue weighted by atomic mass is 32.2. The Kier molecular flexibility index (Phi) is 9.92. The molecule has 1 heterocycles. The summed E-state index contributed by atoms with van der Waals surface area (Å²) in [6.45, 7) is 8.73. The molecule has 8 aromatic carbocycles. The fourth-order valence-electron chi connectivity index (χ4n) is 9.08. The van der Waals surface area contributed by atoms with Crippen molar-refractivity contribution in [1.29, 1.82) is 0 Å². The Morgan fingerprint density at radius 3 is 1.28 bits per heavy atom. The van der Waals surface area contributed by atoms with Crippen LogP contribution in [-0.4, -0.2) is 0 Å². The lowest BCUT2D eigenvalue weighted by molar-refractivity contribution is 1.14. The summed E-state index contributed by atoms with van der Waals surface area (Å²) in [5, 5.41) is 2.51. The van der Waals surface area contributed by atoms with Crippen molar-refractivity contribution in [3.05, 3.63) is 267 Å². The molecule has 0 aromatic heterocycles. The number of allylic oxidation sites excluding steroid dienone is 5. The molecule has 1 aliphatic heterocycles. The SMILES string of the molecule is Cc1ccc(C2=C(c3ccc(C)cc3)C(/C=C3\SC(c4ccccc4)=C(c4ccccc4)c4ccc5ccccc5c43)C(c3ccc(C)cc3)=C2c2ccc(C)cc2)cc1. The summed E-state index contributed by atoms with van der Waals surface area (Å²) in [4.78, 5) is 2.54. The third-order valence-electron chi connectivity index (χ3n) is 12.1. The molecule has 0 fully saturated rings. The van der Waals surface area contributed by atoms with Gasteiger partial charge in [-0.25, -0.2) is 0 Å². The van der Waals surface area contributed by atoms with Gasteiger partial charge in [0.2, 0.25) is 0 Å². The molecule has 10 rings (SSSR count). The molecule has 2 aliphatic rings. The number of fused-ring (bicyclic) bond motifs is 3. The van der Waals surface area contributed by atoms with E-state index in [4.69, 9.17) is 0 Å². The van der Waals surface area contributed by atoms with Crippen LogP contribution in [0.1, 0.15) is 66.8 Å². The molecule has 0 unspecified atom stereocenters. The summed E-state index contributed by atoms with van der Waals surface area (Å²) in [6.07, 6.45) is 2.63. The maximum Gasteiger partial charge on any atom is 0.0308 e. The second-order valence-corrected chi connectivity index (χ2v) is 17.3. The van der Waals surface area contributed by atoms with E-state index in [1.807, 2.05) is 11.8 Å². The molecule has 288 valence electrons. The largest absolute Gasteiger partial charge is 0.0884 e. The molecule has 8 aromatic rings. The maximum atomic E-state index is 2.63. The molecule has 60 heavy (non-hydrogen) atoms. The molecule has 1 aliphatic carbocycles. The minimum atomic E-state index is -0.0763. The van der Waals surface area contributed by atoms with Crippen LogP contribution in [0.3, 0.4) is 0 Å². The molecule has 0 nitrogen and oxygen atoms in total. The lowest BCUT2D eigenvalue weighted by Gasteiger charge is -2.29. The molecule has 0 N–H and O–H groups in total. The molecular formula is C59H46S. The Labute approximate surface area is 359 Å². The summed E-state index contributed by atoms with van der Waals surface area (Å²) < 4.78 is 0. The molecule has 1 heteroatoms. The van der Waals surface area contributed by atoms with Gasteiger partial charge in [-0.15, -0.1) is 0 Å². The number of thioether (sulfide) groups is 1. The number of aryl methyl sites for hydroxylation is 4. The van der Waals surface area contributed by atoms with Gasteiger partial charge >= 0.3 is 0 Å². The quantitative estimate of drug-likeness (QED) is 0.155. The summed E-state index contributed by atoms with van der Waals surface area (Å²) in [5.41, 5.74) is 21.5. The predicted molar refractivity (Wildman–Crippen MR) is 260 cm³/mol. The van der Waals surface area contributed by atoms with Crippen LogP contribution in [0.25, 0.3) is 48.4 Å². The van der Waals surface area contributed by atoms with Crippen molar-refractivity contribution in [2.75, 3.05) is 0 Å². The van der Waals surface area contributed by atoms with Crippen molar-refractivity contribution in [1.82, 2.24) is 0 Å². The lowest BCUT2D eigenvalue weighted by Crippen LogP contribution is -2.07. The summed E-state index contributed by atoms with van der Waals surface area (Å²) in [7, 11) is 0. The van der Waals surface area contributed by atoms with E-state index < -0.39 is 0 Å². The fraction of sp³-hybridized carbons (Fsp3) is 0.0847. The Hall–Kier alpha value is -6.67. The van der Waals surface area contributed by atoms with Crippen LogP contribution >= 0.6 is 11.8 Å². The normalized spacial score (nSPS) is 15.0. The van der Waals surface area contributed by atoms with Crippen LogP contribution in [0.5, 0.6) is 0 Å². The second kappa shape index (κ2) is 15.8. The first-order valence-electron chi connectivity index (χ1n) is 21.0. The van der Waals surface area contributed by atoms with Crippen molar-refractivity contribution in [3.8, 4) is 0 Å². The zero-order valence-electron chi connectivity index (χ0n) is 34.5. The average molecular weight is 787 g/mol. The first kappa shape index (κ1) is 37.6. The lowest BCUT2D eigenvalue weighted by atomic mass is 9.83. The summed E-state index contributed by atoms with van der Waals surface area (Å²) >= 11 is 1.92. The standard InChI is InChI=1S/C59H46S/c1-38-19-27-44(28-20-38)53-51(54(45-29-21-39(2)22-30-45)57(47-33-25-41(4)26-34-47)56(53)46-31-23-40(3)24-32-46)37-52-58-49-18-12-11-13-42(49)35-36-50(58)55(43-14-7-5-8-15-43)59(60-52)48-16-9-6-10-17-48/h5-37,51H,1-4H3/b52-37-. The maximum absolute atomic E-state index is 2.63. The highest BCUT2D eigenvalue weighted by Crippen LogP contribution is 2.59. The van der Waals surface area contributed by atoms with Crippen LogP contribution in [0.2, 0.25) is 0 Å². The van der Waals surface area contributed by atoms with Gasteiger partial charge in [0.15, 0.2) is 0 Å². The Balaban J connectivity index is 1.34. The monoisotopic (exact) mass is 786 g/mol. The van der Waals surface area contributed by atoms with Gasteiger partial charge in [0.1, 0.15) is 0 Å². The molecule has 0 saturated carbocycles. The molecule has 0 bridgehead atoms. The van der Waals surface area contributed by atoms with Gasteiger partial charge in [-0.05, 0) is 99.7 Å². The van der Waals surface area contributed by atoms with Crippen LogP contribution in [0.4, 0.5) is 0 Å². The van der Waals surface area contributed by atoms with E-state index in [0.29, 0.717) is 0 Å². The smallest absolute Gasteiger partial charge is 0.0308 e. The zero-order chi connectivity index (χ0) is 40.7. The summed E-state index contributed by atoms with van der Waals surface area (Å²) in [6, 6.07) is 72.4. The van der Waals surface area contributed by atoms with Gasteiger partial charge in [-0.1, -0.05) is 234 Å². The van der Waals surface area contributed by atoms with Gasteiger partial charge in [0.05, 0.1) is 0 Å². The Morgan fingerprint density at radius 2 is 0.783 bits per heavy atom. The number of rotatable bonds is 7. The first-order valence-corrected chi connectivity index (χ1v) is 21.8. The van der Waals surface area contributed by atoms with Crippen LogP contribution in [0, 0.1) is 33.6 Å². The van der Waals surface area contributed by atoms with E-state index in [1.54, 1.807) is 0 Å². The second-order valence-electron chi connectivity index (χ2n) is 16.3. The topological polar surface area (TPSA) is 0 Å². The summed E-state index contributed by atoms with van der Waals surface area (Å²) in [5.74, 6) is -0.0763. The highest BCUT2D eigenvalue weighted by molar-refractivity contribution is 8.17. The Morgan fingerprint density at radius 1 is 0.367 bits per heavy atom. The minimum absolute atomic E-state index is 0.0763. The zero-order valence-corrected chi connectivity index (χ0v) is 35.4. The van der Waals surface area contributed by atoms with E-state index in [-0.39, 0.29) is 5.92 Å².